The van der Waals surface area contributed by atoms with Crippen molar-refractivity contribution in [2.45, 2.75) is 18.6 Å². The maximum absolute atomic E-state index is 12.1. The lowest BCUT2D eigenvalue weighted by atomic mass is 10.2. The van der Waals surface area contributed by atoms with E-state index in [2.05, 4.69) is 0 Å². The zero-order chi connectivity index (χ0) is 15.2. The molecule has 1 aromatic rings. The van der Waals surface area contributed by atoms with Gasteiger partial charge in [0.25, 0.3) is 0 Å². The van der Waals surface area contributed by atoms with Crippen LogP contribution in [0.15, 0.2) is 24.3 Å². The third kappa shape index (κ3) is 4.76. The van der Waals surface area contributed by atoms with Gasteiger partial charge in [-0.05, 0) is 12.1 Å². The molecule has 2 atom stereocenters. The first-order chi connectivity index (χ1) is 10.1. The number of nitrogens with zero attached hydrogens (tertiary/aromatic N) is 1. The second-order valence-electron chi connectivity index (χ2n) is 5.07. The van der Waals surface area contributed by atoms with E-state index in [9.17, 15) is 4.79 Å². The summed E-state index contributed by atoms with van der Waals surface area (Å²) in [4.78, 5) is 13.7. The molecule has 2 N–H and O–H groups in total. The van der Waals surface area contributed by atoms with Crippen LogP contribution in [0.4, 0.5) is 0 Å². The lowest BCUT2D eigenvalue weighted by Gasteiger charge is -2.30. The molecular formula is C15H23ClN2O4. The number of carbonyl (C=O) groups excluding carboxylic acids is 1. The second-order valence-corrected chi connectivity index (χ2v) is 5.07. The van der Waals surface area contributed by atoms with E-state index < -0.39 is 0 Å². The molecule has 0 aromatic heterocycles. The van der Waals surface area contributed by atoms with E-state index in [-0.39, 0.29) is 36.9 Å². The van der Waals surface area contributed by atoms with E-state index in [1.165, 1.54) is 0 Å². The summed E-state index contributed by atoms with van der Waals surface area (Å²) in [5, 5.41) is 0. The summed E-state index contributed by atoms with van der Waals surface area (Å²) in [5.74, 6) is 1.44. The van der Waals surface area contributed by atoms with E-state index in [4.69, 9.17) is 19.9 Å². The summed E-state index contributed by atoms with van der Waals surface area (Å²) in [5.41, 5.74) is 5.53. The van der Waals surface area contributed by atoms with Gasteiger partial charge in [-0.15, -0.1) is 12.4 Å². The lowest BCUT2D eigenvalue weighted by molar-refractivity contribution is -0.133. The highest BCUT2D eigenvalue weighted by Crippen LogP contribution is 2.30. The molecule has 0 saturated heterocycles. The molecular weight excluding hydrogens is 308 g/mol. The average molecular weight is 331 g/mol. The van der Waals surface area contributed by atoms with Gasteiger partial charge in [-0.2, -0.15) is 0 Å². The van der Waals surface area contributed by atoms with Crippen molar-refractivity contribution < 1.29 is 19.0 Å². The standard InChI is InChI=1S/C15H22N2O4.ClH/c1-17(15(18)7-11(8-16)19-2)9-12-10-20-13-5-3-4-6-14(13)21-12;/h3-6,11-12H,7-10,16H2,1-2H3;1H. The van der Waals surface area contributed by atoms with Crippen molar-refractivity contribution in [2.24, 2.45) is 5.73 Å². The van der Waals surface area contributed by atoms with Crippen molar-refractivity contribution in [1.82, 2.24) is 4.90 Å². The molecule has 124 valence electrons. The Morgan fingerprint density at radius 1 is 1.45 bits per heavy atom. The van der Waals surface area contributed by atoms with E-state index >= 15 is 0 Å². The van der Waals surface area contributed by atoms with Crippen LogP contribution < -0.4 is 15.2 Å². The monoisotopic (exact) mass is 330 g/mol. The molecule has 1 amide bonds. The minimum atomic E-state index is -0.246. The number of hydrogen-bond donors (Lipinski definition) is 1. The van der Waals surface area contributed by atoms with Crippen LogP contribution in [0, 0.1) is 0 Å². The number of likely N-dealkylation sites (N-methyl/N-ethyl adjacent to an activating group) is 1. The van der Waals surface area contributed by atoms with Crippen LogP contribution >= 0.6 is 12.4 Å². The minimum Gasteiger partial charge on any atom is -0.486 e. The number of fused-ring (bicyclic) bond motifs is 1. The third-order valence-corrected chi connectivity index (χ3v) is 3.47. The van der Waals surface area contributed by atoms with Gasteiger partial charge in [0.2, 0.25) is 5.91 Å². The third-order valence-electron chi connectivity index (χ3n) is 3.47. The predicted octanol–water partition coefficient (Wildman–Crippen LogP) is 1.07. The summed E-state index contributed by atoms with van der Waals surface area (Å²) >= 11 is 0. The Kier molecular flexibility index (Phi) is 7.44. The number of carbonyl (C=O) groups is 1. The van der Waals surface area contributed by atoms with Crippen molar-refractivity contribution in [1.29, 1.82) is 0 Å². The molecule has 22 heavy (non-hydrogen) atoms. The topological polar surface area (TPSA) is 74.0 Å². The highest BCUT2D eigenvalue weighted by Gasteiger charge is 2.24. The van der Waals surface area contributed by atoms with Crippen LogP contribution in [-0.2, 0) is 9.53 Å². The SMILES string of the molecule is COC(CN)CC(=O)N(C)CC1COc2ccccc2O1.Cl. The van der Waals surface area contributed by atoms with Gasteiger partial charge in [-0.3, -0.25) is 4.79 Å². The zero-order valence-electron chi connectivity index (χ0n) is 12.9. The number of rotatable bonds is 6. The minimum absolute atomic E-state index is 0. The molecule has 0 fully saturated rings. The molecule has 7 heteroatoms. The maximum atomic E-state index is 12.1. The number of halogens is 1. The molecule has 0 aliphatic carbocycles. The van der Waals surface area contributed by atoms with Gasteiger partial charge in [0.1, 0.15) is 6.61 Å². The van der Waals surface area contributed by atoms with Crippen molar-refractivity contribution in [3.63, 3.8) is 0 Å². The first kappa shape index (κ1) is 18.5. The highest BCUT2D eigenvalue weighted by atomic mass is 35.5. The van der Waals surface area contributed by atoms with E-state index in [0.717, 1.165) is 5.75 Å². The van der Waals surface area contributed by atoms with Crippen LogP contribution in [0.2, 0.25) is 0 Å². The molecule has 0 saturated carbocycles. The second kappa shape index (κ2) is 8.82. The number of nitrogens with two attached hydrogens (primary N) is 1. The Morgan fingerprint density at radius 2 is 2.14 bits per heavy atom. The maximum Gasteiger partial charge on any atom is 0.225 e. The molecule has 2 rings (SSSR count). The number of hydrogen-bond acceptors (Lipinski definition) is 5. The Bertz CT molecular complexity index is 482. The molecule has 2 unspecified atom stereocenters. The van der Waals surface area contributed by atoms with Crippen LogP contribution in [-0.4, -0.2) is 56.9 Å². The fraction of sp³-hybridized carbons (Fsp3) is 0.533. The van der Waals surface area contributed by atoms with E-state index in [0.29, 0.717) is 25.4 Å². The van der Waals surface area contributed by atoms with E-state index in [1.807, 2.05) is 24.3 Å². The molecule has 1 aliphatic rings. The fourth-order valence-corrected chi connectivity index (χ4v) is 2.17. The normalized spacial score (nSPS) is 17.3. The van der Waals surface area contributed by atoms with Crippen LogP contribution in [0.25, 0.3) is 0 Å². The molecule has 0 bridgehead atoms. The number of ether oxygens (including phenoxy) is 3. The zero-order valence-corrected chi connectivity index (χ0v) is 13.7. The number of amides is 1. The predicted molar refractivity (Wildman–Crippen MR) is 85.7 cm³/mol. The largest absolute Gasteiger partial charge is 0.486 e. The van der Waals surface area contributed by atoms with Gasteiger partial charge in [0, 0.05) is 20.7 Å². The van der Waals surface area contributed by atoms with E-state index in [1.54, 1.807) is 19.1 Å². The molecule has 0 radical (unpaired) electrons. The van der Waals surface area contributed by atoms with Gasteiger partial charge in [-0.25, -0.2) is 0 Å². The number of methoxy groups -OCH3 is 1. The first-order valence-corrected chi connectivity index (χ1v) is 6.99. The Hall–Kier alpha value is -1.50. The summed E-state index contributed by atoms with van der Waals surface area (Å²) in [6.07, 6.45) is -0.148. The van der Waals surface area contributed by atoms with Gasteiger partial charge in [0.15, 0.2) is 17.6 Å². The van der Waals surface area contributed by atoms with Crippen molar-refractivity contribution in [2.75, 3.05) is 33.9 Å². The Morgan fingerprint density at radius 3 is 2.77 bits per heavy atom. The quantitative estimate of drug-likeness (QED) is 0.844. The summed E-state index contributed by atoms with van der Waals surface area (Å²) in [7, 11) is 3.30. The Labute approximate surface area is 136 Å². The van der Waals surface area contributed by atoms with Crippen molar-refractivity contribution in [3.05, 3.63) is 24.3 Å². The molecule has 1 aliphatic heterocycles. The smallest absolute Gasteiger partial charge is 0.225 e. The molecule has 0 spiro atoms. The fourth-order valence-electron chi connectivity index (χ4n) is 2.17. The molecule has 1 aromatic carbocycles. The molecule has 6 nitrogen and oxygen atoms in total. The first-order valence-electron chi connectivity index (χ1n) is 6.99. The van der Waals surface area contributed by atoms with Gasteiger partial charge in [0.05, 0.1) is 19.1 Å². The lowest BCUT2D eigenvalue weighted by Crippen LogP contribution is -2.43. The number of para-hydroxylation sites is 2. The summed E-state index contributed by atoms with van der Waals surface area (Å²) < 4.78 is 16.6. The molecule has 1 heterocycles. The van der Waals surface area contributed by atoms with Gasteiger partial charge >= 0.3 is 0 Å². The van der Waals surface area contributed by atoms with Gasteiger partial charge in [-0.1, -0.05) is 12.1 Å². The summed E-state index contributed by atoms with van der Waals surface area (Å²) in [6, 6.07) is 7.52. The van der Waals surface area contributed by atoms with Crippen LogP contribution in [0.3, 0.4) is 0 Å². The average Bonchev–Trinajstić information content (AvgIpc) is 2.52. The van der Waals surface area contributed by atoms with Crippen LogP contribution in [0.1, 0.15) is 6.42 Å². The number of benzene rings is 1. The van der Waals surface area contributed by atoms with Gasteiger partial charge < -0.3 is 24.8 Å². The highest BCUT2D eigenvalue weighted by molar-refractivity contribution is 5.85. The van der Waals surface area contributed by atoms with Crippen molar-refractivity contribution in [3.8, 4) is 11.5 Å². The summed E-state index contributed by atoms with van der Waals surface area (Å²) in [6.45, 7) is 1.22. The Balaban J connectivity index is 0.00000242. The van der Waals surface area contributed by atoms with Crippen LogP contribution in [0.5, 0.6) is 11.5 Å². The van der Waals surface area contributed by atoms with Crippen molar-refractivity contribution >= 4 is 18.3 Å².